The predicted molar refractivity (Wildman–Crippen MR) is 215 cm³/mol. The molecule has 6 aromatic carbocycles. The van der Waals surface area contributed by atoms with Crippen LogP contribution in [0.4, 0.5) is 11.4 Å². The summed E-state index contributed by atoms with van der Waals surface area (Å²) in [7, 11) is 0. The maximum atomic E-state index is 2.64. The van der Waals surface area contributed by atoms with Crippen LogP contribution in [0.2, 0.25) is 0 Å². The van der Waals surface area contributed by atoms with Crippen molar-refractivity contribution in [2.24, 2.45) is 0 Å². The van der Waals surface area contributed by atoms with Gasteiger partial charge in [-0.05, 0) is 106 Å². The Labute approximate surface area is 301 Å². The van der Waals surface area contributed by atoms with Gasteiger partial charge in [0.2, 0.25) is 0 Å². The van der Waals surface area contributed by atoms with Crippen molar-refractivity contribution in [2.75, 3.05) is 4.90 Å². The molecule has 1 aromatic heterocycles. The van der Waals surface area contributed by atoms with Crippen molar-refractivity contribution in [3.05, 3.63) is 180 Å². The van der Waals surface area contributed by atoms with E-state index in [1.54, 1.807) is 0 Å². The first kappa shape index (κ1) is 30.2. The van der Waals surface area contributed by atoms with E-state index in [-0.39, 0.29) is 16.4 Å². The zero-order valence-corrected chi connectivity index (χ0v) is 30.0. The van der Waals surface area contributed by atoms with E-state index in [4.69, 9.17) is 0 Å². The number of rotatable bonds is 4. The predicted octanol–water partition coefficient (Wildman–Crippen LogP) is 12.7. The minimum atomic E-state index is -0.312. The van der Waals surface area contributed by atoms with Crippen LogP contribution in [0.5, 0.6) is 0 Å². The minimum absolute atomic E-state index is 0.0790. The fourth-order valence-electron chi connectivity index (χ4n) is 9.73. The lowest BCUT2D eigenvalue weighted by Crippen LogP contribution is -2.43. The fraction of sp³-hybridized carbons (Fsp3) is 0.184. The molecular weight excluding hydrogens is 617 g/mol. The van der Waals surface area contributed by atoms with Gasteiger partial charge in [0.15, 0.2) is 0 Å². The third kappa shape index (κ3) is 4.17. The molecule has 248 valence electrons. The Balaban J connectivity index is 1.21. The fourth-order valence-corrected chi connectivity index (χ4v) is 9.73. The van der Waals surface area contributed by atoms with Gasteiger partial charge in [0.1, 0.15) is 0 Å². The summed E-state index contributed by atoms with van der Waals surface area (Å²) >= 11 is 0. The van der Waals surface area contributed by atoms with Crippen LogP contribution < -0.4 is 4.90 Å². The van der Waals surface area contributed by atoms with Gasteiger partial charge in [0.05, 0.1) is 16.6 Å². The largest absolute Gasteiger partial charge is 0.332 e. The maximum absolute atomic E-state index is 2.64. The molecule has 0 spiro atoms. The van der Waals surface area contributed by atoms with Gasteiger partial charge in [0.25, 0.3) is 0 Å². The topological polar surface area (TPSA) is 8.17 Å². The van der Waals surface area contributed by atoms with E-state index in [1.165, 1.54) is 83.4 Å². The Morgan fingerprint density at radius 2 is 1.12 bits per heavy atom. The lowest BCUT2D eigenvalue weighted by molar-refractivity contribution is 0.550. The molecule has 3 aliphatic carbocycles. The number of benzene rings is 6. The zero-order valence-electron chi connectivity index (χ0n) is 30.0. The molecule has 0 fully saturated rings. The molecule has 7 aromatic rings. The molecule has 0 saturated heterocycles. The van der Waals surface area contributed by atoms with Gasteiger partial charge in [-0.3, -0.25) is 0 Å². The molecule has 1 unspecified atom stereocenters. The van der Waals surface area contributed by atoms with Gasteiger partial charge in [-0.1, -0.05) is 131 Å². The monoisotopic (exact) mass is 658 g/mol. The number of nitrogens with zero attached hydrogens (tertiary/aromatic N) is 2. The van der Waals surface area contributed by atoms with Gasteiger partial charge in [-0.25, -0.2) is 0 Å². The number of anilines is 2. The lowest BCUT2D eigenvalue weighted by atomic mass is 9.75. The summed E-state index contributed by atoms with van der Waals surface area (Å²) in [4.78, 5) is 2.64. The molecule has 2 heteroatoms. The quantitative estimate of drug-likeness (QED) is 0.183. The Morgan fingerprint density at radius 1 is 0.510 bits per heavy atom. The number of para-hydroxylation sites is 2. The van der Waals surface area contributed by atoms with Crippen molar-refractivity contribution in [3.63, 3.8) is 0 Å². The Bertz CT molecular complexity index is 2630. The molecule has 0 bridgehead atoms. The summed E-state index contributed by atoms with van der Waals surface area (Å²) in [6, 6.07) is 51.9. The number of hydrogen-bond donors (Lipinski definition) is 0. The van der Waals surface area contributed by atoms with Gasteiger partial charge < -0.3 is 9.47 Å². The summed E-state index contributed by atoms with van der Waals surface area (Å²) in [6.07, 6.45) is 6.02. The van der Waals surface area contributed by atoms with Crippen molar-refractivity contribution in [3.8, 4) is 16.8 Å². The first-order valence-corrected chi connectivity index (χ1v) is 18.3. The first-order valence-electron chi connectivity index (χ1n) is 18.3. The summed E-state index contributed by atoms with van der Waals surface area (Å²) in [5, 5.41) is 2.54. The van der Waals surface area contributed by atoms with Crippen LogP contribution in [0.3, 0.4) is 0 Å². The SMILES string of the molecule is CC1(C)C2=CC(C)(N(c3ccc4c(c3)C(C)(C)c3ccccc3-4)c3ccc4c(c3)c3ccccc3n4-c3ccccc3)CC=C2c2ccccc21. The van der Waals surface area contributed by atoms with Crippen molar-refractivity contribution < 1.29 is 0 Å². The third-order valence-corrected chi connectivity index (χ3v) is 12.3. The second-order valence-corrected chi connectivity index (χ2v) is 16.0. The number of aromatic nitrogens is 1. The van der Waals surface area contributed by atoms with Crippen molar-refractivity contribution in [1.29, 1.82) is 0 Å². The Kier molecular flexibility index (Phi) is 6.20. The minimum Gasteiger partial charge on any atom is -0.332 e. The Morgan fingerprint density at radius 3 is 1.92 bits per heavy atom. The van der Waals surface area contributed by atoms with Crippen LogP contribution in [0.15, 0.2) is 157 Å². The van der Waals surface area contributed by atoms with E-state index in [2.05, 4.69) is 196 Å². The molecule has 0 radical (unpaired) electrons. The molecule has 0 N–H and O–H groups in total. The van der Waals surface area contributed by atoms with Crippen LogP contribution in [0.25, 0.3) is 44.2 Å². The second-order valence-electron chi connectivity index (χ2n) is 16.0. The molecular formula is C49H42N2. The summed E-state index contributed by atoms with van der Waals surface area (Å²) in [5.74, 6) is 0. The molecule has 1 atom stereocenters. The molecule has 0 amide bonds. The summed E-state index contributed by atoms with van der Waals surface area (Å²) in [6.45, 7) is 12.0. The summed E-state index contributed by atoms with van der Waals surface area (Å²) in [5.41, 5.74) is 16.7. The van der Waals surface area contributed by atoms with E-state index in [0.717, 1.165) is 6.42 Å². The number of allylic oxidation sites excluding steroid dienone is 2. The zero-order chi connectivity index (χ0) is 34.7. The van der Waals surface area contributed by atoms with Crippen LogP contribution >= 0.6 is 0 Å². The molecule has 3 aliphatic rings. The molecule has 2 nitrogen and oxygen atoms in total. The van der Waals surface area contributed by atoms with Crippen molar-refractivity contribution in [2.45, 2.75) is 57.4 Å². The van der Waals surface area contributed by atoms with Crippen molar-refractivity contribution in [1.82, 2.24) is 4.57 Å². The van der Waals surface area contributed by atoms with Gasteiger partial charge >= 0.3 is 0 Å². The lowest BCUT2D eigenvalue weighted by Gasteiger charge is -2.44. The third-order valence-electron chi connectivity index (χ3n) is 12.3. The Hall–Kier alpha value is -5.60. The van der Waals surface area contributed by atoms with Gasteiger partial charge in [-0.2, -0.15) is 0 Å². The number of fused-ring (bicyclic) bond motifs is 9. The molecule has 10 rings (SSSR count). The number of hydrogen-bond acceptors (Lipinski definition) is 1. The van der Waals surface area contributed by atoms with E-state index in [9.17, 15) is 0 Å². The maximum Gasteiger partial charge on any atom is 0.0646 e. The molecule has 51 heavy (non-hydrogen) atoms. The smallest absolute Gasteiger partial charge is 0.0646 e. The normalized spacial score (nSPS) is 19.2. The molecule has 0 saturated carbocycles. The van der Waals surface area contributed by atoms with Crippen LogP contribution in [0.1, 0.15) is 63.3 Å². The second kappa shape index (κ2) is 10.5. The highest BCUT2D eigenvalue weighted by molar-refractivity contribution is 6.10. The van der Waals surface area contributed by atoms with E-state index in [0.29, 0.717) is 0 Å². The average molecular weight is 659 g/mol. The standard InChI is InChI=1S/C49H42N2/c1-47(2)41-20-12-9-17-35(41)37-25-23-34(30-43(37)47)51(49(5)28-27-38-36-18-10-13-21-42(36)48(3,4)44(38)31-49)33-24-26-46-40(29-33)39-19-11-14-22-45(39)50(46)32-15-7-6-8-16-32/h6-27,29-31H,28H2,1-5H3. The first-order chi connectivity index (χ1) is 24.7. The highest BCUT2D eigenvalue weighted by atomic mass is 15.2. The van der Waals surface area contributed by atoms with Crippen molar-refractivity contribution >= 4 is 38.8 Å². The van der Waals surface area contributed by atoms with Crippen LogP contribution in [-0.2, 0) is 10.8 Å². The van der Waals surface area contributed by atoms with Crippen LogP contribution in [0, 0.1) is 0 Å². The average Bonchev–Trinajstić information content (AvgIpc) is 3.68. The highest BCUT2D eigenvalue weighted by Crippen LogP contribution is 2.55. The molecule has 0 aliphatic heterocycles. The van der Waals surface area contributed by atoms with Gasteiger partial charge in [-0.15, -0.1) is 0 Å². The van der Waals surface area contributed by atoms with E-state index in [1.807, 2.05) is 0 Å². The highest BCUT2D eigenvalue weighted by Gasteiger charge is 2.44. The van der Waals surface area contributed by atoms with E-state index >= 15 is 0 Å². The summed E-state index contributed by atoms with van der Waals surface area (Å²) < 4.78 is 2.41. The molecule has 1 heterocycles. The van der Waals surface area contributed by atoms with E-state index < -0.39 is 0 Å². The van der Waals surface area contributed by atoms with Crippen LogP contribution in [-0.4, -0.2) is 10.1 Å². The van der Waals surface area contributed by atoms with Gasteiger partial charge in [0, 0.05) is 38.7 Å².